The van der Waals surface area contributed by atoms with Gasteiger partial charge in [0.25, 0.3) is 0 Å². The molecule has 2 N–H and O–H groups in total. The van der Waals surface area contributed by atoms with E-state index in [2.05, 4.69) is 39.8 Å². The van der Waals surface area contributed by atoms with Crippen LogP contribution >= 0.6 is 11.3 Å². The fourth-order valence-electron chi connectivity index (χ4n) is 5.07. The molecule has 2 saturated heterocycles. The lowest BCUT2D eigenvalue weighted by molar-refractivity contribution is 0.0514. The number of benzene rings is 1. The van der Waals surface area contributed by atoms with Gasteiger partial charge in [0.05, 0.1) is 23.4 Å². The molecule has 1 aliphatic carbocycles. The molecule has 0 radical (unpaired) electrons. The van der Waals surface area contributed by atoms with Gasteiger partial charge in [-0.05, 0) is 43.7 Å². The molecule has 3 atom stereocenters. The monoisotopic (exact) mass is 386 g/mol. The summed E-state index contributed by atoms with van der Waals surface area (Å²) in [4.78, 5) is 7.32. The number of hydrogen-bond acceptors (Lipinski definition) is 6. The SMILES string of the molecule is c1ccc2sc(N3CCC(NC4CCCC4C4COCCN4)CC3)nc2c1. The summed E-state index contributed by atoms with van der Waals surface area (Å²) < 4.78 is 7.01. The molecule has 5 rings (SSSR count). The third kappa shape index (κ3) is 3.86. The maximum Gasteiger partial charge on any atom is 0.186 e. The Morgan fingerprint density at radius 2 is 2.04 bits per heavy atom. The van der Waals surface area contributed by atoms with Gasteiger partial charge in [0.2, 0.25) is 0 Å². The van der Waals surface area contributed by atoms with E-state index in [1.807, 2.05) is 11.3 Å². The molecular formula is C21H30N4OS. The third-order valence-corrected chi connectivity index (χ3v) is 7.63. The summed E-state index contributed by atoms with van der Waals surface area (Å²) in [7, 11) is 0. The molecule has 3 fully saturated rings. The normalized spacial score (nSPS) is 30.2. The van der Waals surface area contributed by atoms with Crippen molar-refractivity contribution >= 4 is 26.7 Å². The molecule has 0 spiro atoms. The Morgan fingerprint density at radius 3 is 2.85 bits per heavy atom. The number of morpholine rings is 1. The Hall–Kier alpha value is -1.21. The first-order chi connectivity index (χ1) is 13.4. The quantitative estimate of drug-likeness (QED) is 0.846. The molecule has 0 bridgehead atoms. The minimum atomic E-state index is 0.543. The maximum atomic E-state index is 5.72. The molecule has 5 nitrogen and oxygen atoms in total. The van der Waals surface area contributed by atoms with E-state index in [1.54, 1.807) is 0 Å². The van der Waals surface area contributed by atoms with Crippen LogP contribution in [0.25, 0.3) is 10.2 Å². The summed E-state index contributed by atoms with van der Waals surface area (Å²) in [6.07, 6.45) is 6.44. The van der Waals surface area contributed by atoms with Gasteiger partial charge in [-0.3, -0.25) is 0 Å². The number of fused-ring (bicyclic) bond motifs is 1. The second-order valence-electron chi connectivity index (χ2n) is 8.23. The van der Waals surface area contributed by atoms with Crippen LogP contribution in [0.5, 0.6) is 0 Å². The van der Waals surface area contributed by atoms with Gasteiger partial charge in [-0.1, -0.05) is 29.9 Å². The molecule has 0 amide bonds. The van der Waals surface area contributed by atoms with Crippen molar-refractivity contribution in [1.82, 2.24) is 15.6 Å². The van der Waals surface area contributed by atoms with Gasteiger partial charge >= 0.3 is 0 Å². The van der Waals surface area contributed by atoms with Crippen LogP contribution in [0, 0.1) is 5.92 Å². The summed E-state index contributed by atoms with van der Waals surface area (Å²) >= 11 is 1.83. The van der Waals surface area contributed by atoms with Gasteiger partial charge in [0.15, 0.2) is 5.13 Å². The maximum absolute atomic E-state index is 5.72. The van der Waals surface area contributed by atoms with Crippen LogP contribution in [0.2, 0.25) is 0 Å². The van der Waals surface area contributed by atoms with Gasteiger partial charge in [0.1, 0.15) is 0 Å². The van der Waals surface area contributed by atoms with Crippen molar-refractivity contribution in [3.8, 4) is 0 Å². The summed E-state index contributed by atoms with van der Waals surface area (Å²) in [6.45, 7) is 4.98. The van der Waals surface area contributed by atoms with Gasteiger partial charge in [0, 0.05) is 37.8 Å². The summed E-state index contributed by atoms with van der Waals surface area (Å²) in [5.74, 6) is 0.729. The number of para-hydroxylation sites is 1. The Morgan fingerprint density at radius 1 is 1.15 bits per heavy atom. The van der Waals surface area contributed by atoms with E-state index in [1.165, 1.54) is 41.9 Å². The average Bonchev–Trinajstić information content (AvgIpc) is 3.36. The fourth-order valence-corrected chi connectivity index (χ4v) is 6.09. The van der Waals surface area contributed by atoms with Crippen LogP contribution in [0.1, 0.15) is 32.1 Å². The third-order valence-electron chi connectivity index (χ3n) is 6.53. The summed E-state index contributed by atoms with van der Waals surface area (Å²) in [6, 6.07) is 10.3. The van der Waals surface area contributed by atoms with E-state index in [0.717, 1.165) is 44.3 Å². The zero-order valence-corrected chi connectivity index (χ0v) is 16.7. The van der Waals surface area contributed by atoms with Crippen LogP contribution in [-0.2, 0) is 4.74 Å². The van der Waals surface area contributed by atoms with E-state index in [4.69, 9.17) is 9.72 Å². The van der Waals surface area contributed by atoms with E-state index >= 15 is 0 Å². The van der Waals surface area contributed by atoms with Gasteiger partial charge in [-0.2, -0.15) is 0 Å². The van der Waals surface area contributed by atoms with Gasteiger partial charge < -0.3 is 20.3 Å². The van der Waals surface area contributed by atoms with Gasteiger partial charge in [-0.25, -0.2) is 4.98 Å². The molecular weight excluding hydrogens is 356 g/mol. The van der Waals surface area contributed by atoms with E-state index in [-0.39, 0.29) is 0 Å². The number of hydrogen-bond donors (Lipinski definition) is 2. The molecule has 1 aromatic carbocycles. The second kappa shape index (κ2) is 8.03. The molecule has 2 aromatic rings. The number of nitrogens with one attached hydrogen (secondary N) is 2. The van der Waals surface area contributed by atoms with Crippen molar-refractivity contribution < 1.29 is 4.74 Å². The first kappa shape index (κ1) is 17.9. The number of nitrogens with zero attached hydrogens (tertiary/aromatic N) is 2. The number of rotatable bonds is 4. The number of anilines is 1. The molecule has 3 aliphatic rings. The Bertz CT molecular complexity index is 718. The molecule has 27 heavy (non-hydrogen) atoms. The highest BCUT2D eigenvalue weighted by atomic mass is 32.1. The summed E-state index contributed by atoms with van der Waals surface area (Å²) in [5, 5.41) is 8.91. The predicted octanol–water partition coefficient (Wildman–Crippen LogP) is 3.01. The molecule has 2 aliphatic heterocycles. The largest absolute Gasteiger partial charge is 0.379 e. The molecule has 3 heterocycles. The number of aromatic nitrogens is 1. The Balaban J connectivity index is 1.17. The topological polar surface area (TPSA) is 49.4 Å². The van der Waals surface area contributed by atoms with E-state index in [0.29, 0.717) is 18.1 Å². The molecule has 1 aromatic heterocycles. The minimum Gasteiger partial charge on any atom is -0.379 e. The van der Waals surface area contributed by atoms with Crippen LogP contribution in [0.4, 0.5) is 5.13 Å². The highest BCUT2D eigenvalue weighted by Crippen LogP contribution is 2.32. The standard InChI is InChI=1S/C21H30N4OS/c1-2-7-20-18(5-1)24-21(27-20)25-11-8-15(9-12-25)23-17-6-3-4-16(17)19-14-26-13-10-22-19/h1-2,5,7,15-17,19,22-23H,3-4,6,8-14H2. The van der Waals surface area contributed by atoms with Crippen LogP contribution in [-0.4, -0.2) is 56.0 Å². The number of ether oxygens (including phenoxy) is 1. The van der Waals surface area contributed by atoms with Crippen molar-refractivity contribution in [2.75, 3.05) is 37.7 Å². The highest BCUT2D eigenvalue weighted by molar-refractivity contribution is 7.22. The summed E-state index contributed by atoms with van der Waals surface area (Å²) in [5.41, 5.74) is 1.13. The van der Waals surface area contributed by atoms with Gasteiger partial charge in [-0.15, -0.1) is 0 Å². The van der Waals surface area contributed by atoms with Crippen molar-refractivity contribution in [3.63, 3.8) is 0 Å². The minimum absolute atomic E-state index is 0.543. The van der Waals surface area contributed by atoms with Crippen LogP contribution in [0.15, 0.2) is 24.3 Å². The predicted molar refractivity (Wildman–Crippen MR) is 112 cm³/mol. The Labute approximate surface area is 165 Å². The first-order valence-electron chi connectivity index (χ1n) is 10.5. The van der Waals surface area contributed by atoms with Crippen molar-refractivity contribution in [3.05, 3.63) is 24.3 Å². The zero-order chi connectivity index (χ0) is 18.1. The average molecular weight is 387 g/mol. The highest BCUT2D eigenvalue weighted by Gasteiger charge is 2.36. The molecule has 6 heteroatoms. The van der Waals surface area contributed by atoms with Crippen molar-refractivity contribution in [2.45, 2.75) is 50.2 Å². The van der Waals surface area contributed by atoms with Crippen molar-refractivity contribution in [1.29, 1.82) is 0 Å². The number of thiazole rings is 1. The Kier molecular flexibility index (Phi) is 5.31. The van der Waals surface area contributed by atoms with Crippen LogP contribution < -0.4 is 15.5 Å². The molecule has 1 saturated carbocycles. The lowest BCUT2D eigenvalue weighted by atomic mass is 9.92. The van der Waals surface area contributed by atoms with E-state index in [9.17, 15) is 0 Å². The smallest absolute Gasteiger partial charge is 0.186 e. The number of piperidine rings is 1. The van der Waals surface area contributed by atoms with Crippen molar-refractivity contribution in [2.24, 2.45) is 5.92 Å². The lowest BCUT2D eigenvalue weighted by Gasteiger charge is -2.37. The first-order valence-corrected chi connectivity index (χ1v) is 11.4. The fraction of sp³-hybridized carbons (Fsp3) is 0.667. The van der Waals surface area contributed by atoms with E-state index < -0.39 is 0 Å². The zero-order valence-electron chi connectivity index (χ0n) is 15.9. The lowest BCUT2D eigenvalue weighted by Crippen LogP contribution is -2.53. The molecule has 3 unspecified atom stereocenters. The van der Waals surface area contributed by atoms with Crippen LogP contribution in [0.3, 0.4) is 0 Å². The second-order valence-corrected chi connectivity index (χ2v) is 9.24. The molecule has 146 valence electrons.